The van der Waals surface area contributed by atoms with E-state index in [1.807, 2.05) is 26.2 Å². The fourth-order valence-corrected chi connectivity index (χ4v) is 1.29. The molecule has 1 N–H and O–H groups in total. The molecule has 15 heavy (non-hydrogen) atoms. The maximum absolute atomic E-state index is 5.30. The van der Waals surface area contributed by atoms with E-state index in [2.05, 4.69) is 30.1 Å². The Kier molecular flexibility index (Phi) is 3.97. The molecule has 3 nitrogen and oxygen atoms in total. The van der Waals surface area contributed by atoms with E-state index in [4.69, 9.17) is 4.74 Å². The van der Waals surface area contributed by atoms with Gasteiger partial charge in [0, 0.05) is 0 Å². The van der Waals surface area contributed by atoms with E-state index in [1.165, 1.54) is 5.56 Å². The Balaban J connectivity index is 2.87. The number of nitrogens with zero attached hydrogens (tertiary/aromatic N) is 1. The Hall–Kier alpha value is -1.22. The molecule has 0 aliphatic carbocycles. The lowest BCUT2D eigenvalue weighted by Gasteiger charge is -2.23. The molecule has 0 saturated heterocycles. The Labute approximate surface area is 92.0 Å². The van der Waals surface area contributed by atoms with Gasteiger partial charge in [0.2, 0.25) is 0 Å². The summed E-state index contributed by atoms with van der Waals surface area (Å²) in [5.41, 5.74) is 2.27. The second kappa shape index (κ2) is 5.03. The van der Waals surface area contributed by atoms with Gasteiger partial charge in [0.25, 0.3) is 0 Å². The number of anilines is 1. The summed E-state index contributed by atoms with van der Waals surface area (Å²) in [4.78, 5) is 2.11. The zero-order valence-electron chi connectivity index (χ0n) is 10.2. The van der Waals surface area contributed by atoms with Crippen LogP contribution in [0.1, 0.15) is 12.5 Å². The van der Waals surface area contributed by atoms with Crippen molar-refractivity contribution in [2.75, 3.05) is 26.5 Å². The van der Waals surface area contributed by atoms with Crippen LogP contribution in [0.5, 0.6) is 5.75 Å². The summed E-state index contributed by atoms with van der Waals surface area (Å²) in [6.45, 7) is 4.19. The molecule has 0 amide bonds. The molecular weight excluding hydrogens is 188 g/mol. The molecule has 0 aromatic heterocycles. The van der Waals surface area contributed by atoms with E-state index < -0.39 is 0 Å². The topological polar surface area (TPSA) is 24.5 Å². The van der Waals surface area contributed by atoms with Crippen LogP contribution in [0.25, 0.3) is 0 Å². The van der Waals surface area contributed by atoms with E-state index in [-0.39, 0.29) is 6.17 Å². The standard InChI is InChI=1S/C12H20N2O/c1-9-6-7-12(15-5)11(8-9)13-10(2)14(3)4/h6-8,10,13H,1-5H3. The maximum atomic E-state index is 5.30. The average Bonchev–Trinajstić information content (AvgIpc) is 2.18. The third-order valence-corrected chi connectivity index (χ3v) is 2.49. The molecule has 1 aromatic rings. The van der Waals surface area contributed by atoms with Crippen LogP contribution in [-0.2, 0) is 0 Å². The molecule has 1 rings (SSSR count). The van der Waals surface area contributed by atoms with E-state index in [9.17, 15) is 0 Å². The first-order valence-corrected chi connectivity index (χ1v) is 5.12. The minimum Gasteiger partial charge on any atom is -0.495 e. The molecule has 0 aliphatic heterocycles. The predicted octanol–water partition coefficient (Wildman–Crippen LogP) is 2.32. The fraction of sp³-hybridized carbons (Fsp3) is 0.500. The van der Waals surface area contributed by atoms with Crippen LogP contribution in [-0.4, -0.2) is 32.3 Å². The Morgan fingerprint density at radius 1 is 1.33 bits per heavy atom. The Morgan fingerprint density at radius 3 is 2.53 bits per heavy atom. The van der Waals surface area contributed by atoms with Gasteiger partial charge >= 0.3 is 0 Å². The number of hydrogen-bond acceptors (Lipinski definition) is 3. The fourth-order valence-electron chi connectivity index (χ4n) is 1.29. The average molecular weight is 208 g/mol. The van der Waals surface area contributed by atoms with Crippen molar-refractivity contribution in [2.45, 2.75) is 20.0 Å². The lowest BCUT2D eigenvalue weighted by atomic mass is 10.2. The highest BCUT2D eigenvalue weighted by Gasteiger charge is 2.08. The monoisotopic (exact) mass is 208 g/mol. The molecular formula is C12H20N2O. The molecule has 1 unspecified atom stereocenters. The van der Waals surface area contributed by atoms with Gasteiger partial charge in [-0.25, -0.2) is 0 Å². The summed E-state index contributed by atoms with van der Waals surface area (Å²) >= 11 is 0. The first-order valence-electron chi connectivity index (χ1n) is 5.12. The summed E-state index contributed by atoms with van der Waals surface area (Å²) < 4.78 is 5.30. The van der Waals surface area contributed by atoms with Crippen molar-refractivity contribution < 1.29 is 4.74 Å². The van der Waals surface area contributed by atoms with Crippen LogP contribution in [0.15, 0.2) is 18.2 Å². The summed E-state index contributed by atoms with van der Waals surface area (Å²) in [6.07, 6.45) is 0.278. The van der Waals surface area contributed by atoms with Crippen molar-refractivity contribution in [1.82, 2.24) is 4.90 Å². The lowest BCUT2D eigenvalue weighted by molar-refractivity contribution is 0.341. The van der Waals surface area contributed by atoms with Gasteiger partial charge in [0.05, 0.1) is 19.0 Å². The second-order valence-corrected chi connectivity index (χ2v) is 3.99. The molecule has 1 aromatic carbocycles. The van der Waals surface area contributed by atoms with Gasteiger partial charge in [0.1, 0.15) is 5.75 Å². The summed E-state index contributed by atoms with van der Waals surface area (Å²) in [7, 11) is 5.77. The highest BCUT2D eigenvalue weighted by atomic mass is 16.5. The summed E-state index contributed by atoms with van der Waals surface area (Å²) in [6, 6.07) is 6.13. The van der Waals surface area contributed by atoms with E-state index >= 15 is 0 Å². The van der Waals surface area contributed by atoms with Crippen LogP contribution in [0.2, 0.25) is 0 Å². The molecule has 1 atom stereocenters. The van der Waals surface area contributed by atoms with Crippen molar-refractivity contribution in [2.24, 2.45) is 0 Å². The Morgan fingerprint density at radius 2 is 2.00 bits per heavy atom. The van der Waals surface area contributed by atoms with Gasteiger partial charge in [-0.15, -0.1) is 0 Å². The van der Waals surface area contributed by atoms with Crippen molar-refractivity contribution in [3.05, 3.63) is 23.8 Å². The van der Waals surface area contributed by atoms with Crippen LogP contribution in [0, 0.1) is 6.92 Å². The van der Waals surface area contributed by atoms with Gasteiger partial charge in [-0.3, -0.25) is 4.90 Å². The van der Waals surface area contributed by atoms with Gasteiger partial charge in [-0.2, -0.15) is 0 Å². The molecule has 0 spiro atoms. The highest BCUT2D eigenvalue weighted by molar-refractivity contribution is 5.58. The number of ether oxygens (including phenoxy) is 1. The molecule has 0 aliphatic rings. The first-order chi connectivity index (χ1) is 7.04. The van der Waals surface area contributed by atoms with Gasteiger partial charge < -0.3 is 10.1 Å². The molecule has 84 valence electrons. The predicted molar refractivity (Wildman–Crippen MR) is 64.5 cm³/mol. The van der Waals surface area contributed by atoms with Gasteiger partial charge in [-0.1, -0.05) is 6.07 Å². The number of methoxy groups -OCH3 is 1. The van der Waals surface area contributed by atoms with Crippen molar-refractivity contribution in [3.8, 4) is 5.75 Å². The number of rotatable bonds is 4. The van der Waals surface area contributed by atoms with Crippen LogP contribution < -0.4 is 10.1 Å². The highest BCUT2D eigenvalue weighted by Crippen LogP contribution is 2.25. The van der Waals surface area contributed by atoms with Crippen LogP contribution in [0.4, 0.5) is 5.69 Å². The van der Waals surface area contributed by atoms with E-state index in [1.54, 1.807) is 7.11 Å². The molecule has 0 bridgehead atoms. The van der Waals surface area contributed by atoms with Gasteiger partial charge in [0.15, 0.2) is 0 Å². The number of nitrogens with one attached hydrogen (secondary N) is 1. The lowest BCUT2D eigenvalue weighted by Crippen LogP contribution is -2.32. The van der Waals surface area contributed by atoms with Crippen molar-refractivity contribution in [3.63, 3.8) is 0 Å². The minimum atomic E-state index is 0.278. The molecule has 3 heteroatoms. The summed E-state index contributed by atoms with van der Waals surface area (Å²) in [5, 5.41) is 3.40. The van der Waals surface area contributed by atoms with E-state index in [0.29, 0.717) is 0 Å². The molecule has 0 radical (unpaired) electrons. The number of benzene rings is 1. The van der Waals surface area contributed by atoms with Crippen LogP contribution >= 0.6 is 0 Å². The molecule has 0 heterocycles. The van der Waals surface area contributed by atoms with Crippen LogP contribution in [0.3, 0.4) is 0 Å². The van der Waals surface area contributed by atoms with Crippen molar-refractivity contribution >= 4 is 5.69 Å². The third kappa shape index (κ3) is 3.13. The Bertz CT molecular complexity index is 323. The minimum absolute atomic E-state index is 0.278. The zero-order chi connectivity index (χ0) is 11.4. The smallest absolute Gasteiger partial charge is 0.142 e. The van der Waals surface area contributed by atoms with E-state index in [0.717, 1.165) is 11.4 Å². The summed E-state index contributed by atoms with van der Waals surface area (Å²) in [5.74, 6) is 0.884. The SMILES string of the molecule is COc1ccc(C)cc1NC(C)N(C)C. The quantitative estimate of drug-likeness (QED) is 0.769. The first kappa shape index (κ1) is 11.9. The third-order valence-electron chi connectivity index (χ3n) is 2.49. The van der Waals surface area contributed by atoms with Crippen molar-refractivity contribution in [1.29, 1.82) is 0 Å². The number of hydrogen-bond donors (Lipinski definition) is 1. The molecule has 0 fully saturated rings. The van der Waals surface area contributed by atoms with Gasteiger partial charge in [-0.05, 0) is 45.6 Å². The number of aryl methyl sites for hydroxylation is 1. The largest absolute Gasteiger partial charge is 0.495 e. The zero-order valence-corrected chi connectivity index (χ0v) is 10.2. The molecule has 0 saturated carbocycles. The second-order valence-electron chi connectivity index (χ2n) is 3.99. The maximum Gasteiger partial charge on any atom is 0.142 e. The normalized spacial score (nSPS) is 12.7.